The fourth-order valence-corrected chi connectivity index (χ4v) is 2.43. The third-order valence-electron chi connectivity index (χ3n) is 3.42. The van der Waals surface area contributed by atoms with Gasteiger partial charge in [0, 0.05) is 38.4 Å². The van der Waals surface area contributed by atoms with Gasteiger partial charge in [0.2, 0.25) is 0 Å². The first-order valence-electron chi connectivity index (χ1n) is 7.06. The molecule has 1 aliphatic rings. The van der Waals surface area contributed by atoms with Crippen molar-refractivity contribution in [2.45, 2.75) is 38.7 Å². The van der Waals surface area contributed by atoms with Crippen molar-refractivity contribution in [3.63, 3.8) is 0 Å². The molecule has 0 saturated carbocycles. The number of ether oxygens (including phenoxy) is 1. The smallest absolute Gasteiger partial charge is 0.132 e. The number of hydrogen-bond acceptors (Lipinski definition) is 5. The van der Waals surface area contributed by atoms with Crippen molar-refractivity contribution in [2.24, 2.45) is 5.73 Å². The van der Waals surface area contributed by atoms with Crippen molar-refractivity contribution in [2.75, 3.05) is 31.6 Å². The molecule has 1 fully saturated rings. The molecule has 0 aliphatic carbocycles. The second kappa shape index (κ2) is 6.82. The van der Waals surface area contributed by atoms with Crippen molar-refractivity contribution >= 4 is 5.82 Å². The summed E-state index contributed by atoms with van der Waals surface area (Å²) in [6, 6.07) is 2.03. The number of aromatic nitrogens is 2. The maximum absolute atomic E-state index is 5.77. The molecule has 0 bridgehead atoms. The molecule has 0 spiro atoms. The van der Waals surface area contributed by atoms with E-state index in [-0.39, 0.29) is 0 Å². The Morgan fingerprint density at radius 2 is 2.26 bits per heavy atom. The van der Waals surface area contributed by atoms with Crippen LogP contribution in [0.4, 0.5) is 5.82 Å². The molecule has 1 aliphatic heterocycles. The van der Waals surface area contributed by atoms with E-state index in [1.807, 2.05) is 13.0 Å². The average Bonchev–Trinajstić information content (AvgIpc) is 2.39. The number of nitrogens with zero attached hydrogens (tertiary/aromatic N) is 3. The molecule has 0 radical (unpaired) electrons. The molecule has 2 N–H and O–H groups in total. The van der Waals surface area contributed by atoms with Gasteiger partial charge in [-0.05, 0) is 32.7 Å². The molecule has 1 aromatic heterocycles. The van der Waals surface area contributed by atoms with Gasteiger partial charge >= 0.3 is 0 Å². The highest BCUT2D eigenvalue weighted by atomic mass is 16.5. The van der Waals surface area contributed by atoms with E-state index in [2.05, 4.69) is 21.9 Å². The van der Waals surface area contributed by atoms with Gasteiger partial charge in [0.05, 0.1) is 6.10 Å². The van der Waals surface area contributed by atoms with E-state index in [1.54, 1.807) is 0 Å². The minimum atomic E-state index is 0.326. The minimum absolute atomic E-state index is 0.326. The van der Waals surface area contributed by atoms with Crippen LogP contribution in [-0.4, -0.2) is 42.8 Å². The summed E-state index contributed by atoms with van der Waals surface area (Å²) in [5, 5.41) is 0. The summed E-state index contributed by atoms with van der Waals surface area (Å²) >= 11 is 0. The molecule has 106 valence electrons. The zero-order valence-corrected chi connectivity index (χ0v) is 11.9. The molecule has 2 heterocycles. The lowest BCUT2D eigenvalue weighted by atomic mass is 10.1. The molecule has 2 rings (SSSR count). The summed E-state index contributed by atoms with van der Waals surface area (Å²) < 4.78 is 5.77. The Morgan fingerprint density at radius 1 is 1.42 bits per heavy atom. The Kier molecular flexibility index (Phi) is 5.10. The van der Waals surface area contributed by atoms with Crippen LogP contribution in [0.25, 0.3) is 0 Å². The maximum Gasteiger partial charge on any atom is 0.132 e. The van der Waals surface area contributed by atoms with Gasteiger partial charge in [-0.2, -0.15) is 0 Å². The number of nitrogens with two attached hydrogens (primary N) is 1. The molecule has 0 aromatic carbocycles. The Balaban J connectivity index is 2.02. The number of likely N-dealkylation sites (N-methyl/N-ethyl adjacent to an activating group) is 1. The first kappa shape index (κ1) is 14.2. The second-order valence-corrected chi connectivity index (χ2v) is 5.17. The van der Waals surface area contributed by atoms with E-state index in [0.29, 0.717) is 12.6 Å². The van der Waals surface area contributed by atoms with Crippen LogP contribution in [0, 0.1) is 6.92 Å². The predicted molar refractivity (Wildman–Crippen MR) is 76.4 cm³/mol. The normalized spacial score (nSPS) is 19.4. The van der Waals surface area contributed by atoms with Gasteiger partial charge in [-0.25, -0.2) is 9.97 Å². The molecule has 1 saturated heterocycles. The molecular weight excluding hydrogens is 240 g/mol. The van der Waals surface area contributed by atoms with Crippen LogP contribution in [0.1, 0.15) is 30.8 Å². The first-order chi connectivity index (χ1) is 9.19. The number of aryl methyl sites for hydroxylation is 1. The standard InChI is InChI=1S/C14H24N4O/c1-11-16-12(6-7-15)9-14(17-11)18(2)10-13-5-3-4-8-19-13/h9,13H,3-8,10,15H2,1-2H3/t13-/m1/s1. The molecule has 0 unspecified atom stereocenters. The Morgan fingerprint density at radius 3 is 2.95 bits per heavy atom. The zero-order chi connectivity index (χ0) is 13.7. The summed E-state index contributed by atoms with van der Waals surface area (Å²) in [5.41, 5.74) is 6.61. The largest absolute Gasteiger partial charge is 0.376 e. The van der Waals surface area contributed by atoms with Gasteiger partial charge in [-0.3, -0.25) is 0 Å². The summed E-state index contributed by atoms with van der Waals surface area (Å²) in [7, 11) is 2.06. The zero-order valence-electron chi connectivity index (χ0n) is 11.9. The lowest BCUT2D eigenvalue weighted by Gasteiger charge is -2.28. The fraction of sp³-hybridized carbons (Fsp3) is 0.714. The van der Waals surface area contributed by atoms with Gasteiger partial charge < -0.3 is 15.4 Å². The molecular formula is C14H24N4O. The monoisotopic (exact) mass is 264 g/mol. The maximum atomic E-state index is 5.77. The molecule has 1 aromatic rings. The minimum Gasteiger partial charge on any atom is -0.376 e. The van der Waals surface area contributed by atoms with E-state index >= 15 is 0 Å². The summed E-state index contributed by atoms with van der Waals surface area (Å²) in [6.45, 7) is 4.32. The van der Waals surface area contributed by atoms with Gasteiger partial charge in [0.1, 0.15) is 11.6 Å². The van der Waals surface area contributed by atoms with E-state index in [0.717, 1.165) is 43.3 Å². The number of hydrogen-bond donors (Lipinski definition) is 1. The molecule has 19 heavy (non-hydrogen) atoms. The molecule has 1 atom stereocenters. The lowest BCUT2D eigenvalue weighted by Crippen LogP contribution is -2.34. The predicted octanol–water partition coefficient (Wildman–Crippen LogP) is 1.29. The summed E-state index contributed by atoms with van der Waals surface area (Å²) in [6.07, 6.45) is 4.72. The van der Waals surface area contributed by atoms with Crippen molar-refractivity contribution in [1.29, 1.82) is 0 Å². The summed E-state index contributed by atoms with van der Waals surface area (Å²) in [5.74, 6) is 1.77. The molecule has 5 heteroatoms. The highest BCUT2D eigenvalue weighted by Crippen LogP contribution is 2.17. The quantitative estimate of drug-likeness (QED) is 0.868. The Hall–Kier alpha value is -1.20. The lowest BCUT2D eigenvalue weighted by molar-refractivity contribution is 0.0215. The highest BCUT2D eigenvalue weighted by Gasteiger charge is 2.17. The summed E-state index contributed by atoms with van der Waals surface area (Å²) in [4.78, 5) is 11.1. The third kappa shape index (κ3) is 4.14. The third-order valence-corrected chi connectivity index (χ3v) is 3.42. The van der Waals surface area contributed by atoms with Crippen LogP contribution < -0.4 is 10.6 Å². The van der Waals surface area contributed by atoms with Crippen molar-refractivity contribution in [3.8, 4) is 0 Å². The fourth-order valence-electron chi connectivity index (χ4n) is 2.43. The Bertz CT molecular complexity index is 404. The van der Waals surface area contributed by atoms with Crippen LogP contribution in [-0.2, 0) is 11.2 Å². The van der Waals surface area contributed by atoms with Gasteiger partial charge in [-0.1, -0.05) is 0 Å². The van der Waals surface area contributed by atoms with E-state index in [9.17, 15) is 0 Å². The molecule has 0 amide bonds. The average molecular weight is 264 g/mol. The van der Waals surface area contributed by atoms with Crippen molar-refractivity contribution in [3.05, 3.63) is 17.6 Å². The van der Waals surface area contributed by atoms with Crippen LogP contribution in [0.3, 0.4) is 0 Å². The van der Waals surface area contributed by atoms with Gasteiger partial charge in [-0.15, -0.1) is 0 Å². The molecule has 5 nitrogen and oxygen atoms in total. The van der Waals surface area contributed by atoms with Crippen molar-refractivity contribution in [1.82, 2.24) is 9.97 Å². The van der Waals surface area contributed by atoms with Crippen LogP contribution in [0.5, 0.6) is 0 Å². The van der Waals surface area contributed by atoms with Crippen LogP contribution in [0.15, 0.2) is 6.07 Å². The first-order valence-corrected chi connectivity index (χ1v) is 7.06. The topological polar surface area (TPSA) is 64.3 Å². The van der Waals surface area contributed by atoms with Crippen LogP contribution >= 0.6 is 0 Å². The van der Waals surface area contributed by atoms with E-state index < -0.39 is 0 Å². The number of anilines is 1. The Labute approximate surface area is 115 Å². The van der Waals surface area contributed by atoms with Gasteiger partial charge in [0.25, 0.3) is 0 Å². The SMILES string of the molecule is Cc1nc(CCN)cc(N(C)C[C@H]2CCCCO2)n1. The number of rotatable bonds is 5. The highest BCUT2D eigenvalue weighted by molar-refractivity contribution is 5.39. The second-order valence-electron chi connectivity index (χ2n) is 5.17. The van der Waals surface area contributed by atoms with E-state index in [1.165, 1.54) is 12.8 Å². The van der Waals surface area contributed by atoms with E-state index in [4.69, 9.17) is 10.5 Å². The van der Waals surface area contributed by atoms with Gasteiger partial charge in [0.15, 0.2) is 0 Å². The van der Waals surface area contributed by atoms with Crippen molar-refractivity contribution < 1.29 is 4.74 Å². The van der Waals surface area contributed by atoms with Crippen LogP contribution in [0.2, 0.25) is 0 Å².